The average molecular weight is 594 g/mol. The Bertz CT molecular complexity index is 2500. The molecule has 0 saturated carbocycles. The third-order valence-corrected chi connectivity index (χ3v) is 9.93. The van der Waals surface area contributed by atoms with Gasteiger partial charge >= 0.3 is 0 Å². The van der Waals surface area contributed by atoms with Gasteiger partial charge in [0, 0.05) is 37.2 Å². The van der Waals surface area contributed by atoms with Crippen LogP contribution in [0.25, 0.3) is 65.5 Å². The molecule has 0 unspecified atom stereocenters. The molecule has 0 fully saturated rings. The van der Waals surface area contributed by atoms with E-state index < -0.39 is 0 Å². The third kappa shape index (κ3) is 4.81. The smallest absolute Gasteiger partial charge is 0.0465 e. The lowest BCUT2D eigenvalue weighted by molar-refractivity contribution is 1.16. The molecule has 45 heavy (non-hydrogen) atoms. The third-order valence-electron chi connectivity index (χ3n) is 8.78. The fourth-order valence-corrected chi connectivity index (χ4v) is 7.64. The summed E-state index contributed by atoms with van der Waals surface area (Å²) in [6.45, 7) is 6.76. The zero-order chi connectivity index (χ0) is 30.3. The monoisotopic (exact) mass is 593 g/mol. The van der Waals surface area contributed by atoms with Crippen LogP contribution in [0.15, 0.2) is 157 Å². The molecule has 0 spiro atoms. The van der Waals surface area contributed by atoms with E-state index in [1.807, 2.05) is 11.3 Å². The first kappa shape index (κ1) is 27.1. The number of rotatable bonds is 5. The predicted octanol–water partition coefficient (Wildman–Crippen LogP) is 11.0. The van der Waals surface area contributed by atoms with Crippen LogP contribution in [0.2, 0.25) is 0 Å². The van der Waals surface area contributed by atoms with Crippen molar-refractivity contribution >= 4 is 77.1 Å². The summed E-state index contributed by atoms with van der Waals surface area (Å²) in [6, 6.07) is 52.3. The van der Waals surface area contributed by atoms with Gasteiger partial charge in [-0.2, -0.15) is 0 Å². The number of thiophene rings is 1. The van der Waals surface area contributed by atoms with Crippen LogP contribution < -0.4 is 15.3 Å². The Morgan fingerprint density at radius 3 is 1.84 bits per heavy atom. The number of allylic oxidation sites excluding steroid dienone is 2. The average Bonchev–Trinajstić information content (AvgIpc) is 3.47. The van der Waals surface area contributed by atoms with Crippen LogP contribution in [0.5, 0.6) is 0 Å². The van der Waals surface area contributed by atoms with E-state index in [1.54, 1.807) is 0 Å². The molecular formula is C43H31NS. The maximum atomic E-state index is 4.56. The molecule has 0 amide bonds. The van der Waals surface area contributed by atoms with E-state index in [4.69, 9.17) is 0 Å². The van der Waals surface area contributed by atoms with Gasteiger partial charge in [0.15, 0.2) is 0 Å². The van der Waals surface area contributed by atoms with Crippen LogP contribution in [-0.2, 0) is 0 Å². The molecule has 8 aromatic rings. The van der Waals surface area contributed by atoms with Crippen molar-refractivity contribution in [2.45, 2.75) is 6.92 Å². The van der Waals surface area contributed by atoms with Gasteiger partial charge in [0.25, 0.3) is 0 Å². The van der Waals surface area contributed by atoms with E-state index in [-0.39, 0.29) is 0 Å². The van der Waals surface area contributed by atoms with Crippen LogP contribution in [0.1, 0.15) is 6.92 Å². The second-order valence-corrected chi connectivity index (χ2v) is 12.6. The highest BCUT2D eigenvalue weighted by Gasteiger charge is 2.15. The first-order chi connectivity index (χ1) is 22.2. The molecule has 1 aromatic heterocycles. The quantitative estimate of drug-likeness (QED) is 0.179. The van der Waals surface area contributed by atoms with E-state index in [1.165, 1.54) is 52.8 Å². The highest BCUT2D eigenvalue weighted by molar-refractivity contribution is 7.25. The Morgan fingerprint density at radius 2 is 1.09 bits per heavy atom. The molecule has 7 aromatic carbocycles. The molecule has 2 heteroatoms. The molecule has 0 atom stereocenters. The Labute approximate surface area is 266 Å². The molecule has 0 aliphatic heterocycles. The minimum atomic E-state index is 1.05. The first-order valence-corrected chi connectivity index (χ1v) is 16.1. The molecule has 8 rings (SSSR count). The van der Waals surface area contributed by atoms with E-state index in [0.717, 1.165) is 27.5 Å². The Kier molecular flexibility index (Phi) is 6.78. The van der Waals surface area contributed by atoms with Crippen LogP contribution in [0.3, 0.4) is 0 Å². The van der Waals surface area contributed by atoms with Gasteiger partial charge in [-0.15, -0.1) is 11.3 Å². The fourth-order valence-electron chi connectivity index (χ4n) is 6.55. The van der Waals surface area contributed by atoms with Crippen molar-refractivity contribution in [2.24, 2.45) is 0 Å². The molecule has 0 bridgehead atoms. The van der Waals surface area contributed by atoms with Gasteiger partial charge in [0.2, 0.25) is 0 Å². The van der Waals surface area contributed by atoms with Gasteiger partial charge < -0.3 is 4.90 Å². The fraction of sp³-hybridized carbons (Fsp3) is 0.0233. The zero-order valence-corrected chi connectivity index (χ0v) is 25.9. The lowest BCUT2D eigenvalue weighted by Gasteiger charge is -2.26. The van der Waals surface area contributed by atoms with Crippen molar-refractivity contribution in [3.8, 4) is 11.1 Å². The lowest BCUT2D eigenvalue weighted by Crippen LogP contribution is -2.25. The summed E-state index contributed by atoms with van der Waals surface area (Å²) >= 11 is 1.85. The number of anilines is 2. The number of hydrogen-bond donors (Lipinski definition) is 0. The summed E-state index contributed by atoms with van der Waals surface area (Å²) in [5.74, 6) is 0. The number of benzene rings is 7. The molecule has 0 aliphatic carbocycles. The SMILES string of the molecule is C=c1/c(=C\C=C(/C)N(c2ccc(-c3ccccc3)cc2)c2ccc3sc4ccccc4c3c2)c2ccccc2c2ccccc12. The van der Waals surface area contributed by atoms with Crippen molar-refractivity contribution in [3.63, 3.8) is 0 Å². The van der Waals surface area contributed by atoms with E-state index in [0.29, 0.717) is 0 Å². The maximum absolute atomic E-state index is 4.56. The second kappa shape index (κ2) is 11.2. The lowest BCUT2D eigenvalue weighted by atomic mass is 9.98. The maximum Gasteiger partial charge on any atom is 0.0465 e. The van der Waals surface area contributed by atoms with Gasteiger partial charge in [-0.25, -0.2) is 0 Å². The molecule has 0 aliphatic rings. The predicted molar refractivity (Wildman–Crippen MR) is 198 cm³/mol. The highest BCUT2D eigenvalue weighted by Crippen LogP contribution is 2.39. The van der Waals surface area contributed by atoms with Crippen LogP contribution in [0.4, 0.5) is 11.4 Å². The standard InChI is InChI=1S/C43H31NS/c1-29(20-26-36-30(2)35-14-6-7-15-37(35)39-17-9-8-16-38(36)39)44(33-23-21-32(22-24-33)31-12-4-3-5-13-31)34-25-27-43-41(28-34)40-18-10-11-19-42(40)45-43/h3-28H,2H2,1H3/b29-20+,36-26+. The Balaban J connectivity index is 1.31. The normalized spacial score (nSPS) is 12.5. The van der Waals surface area contributed by atoms with Crippen molar-refractivity contribution in [2.75, 3.05) is 4.90 Å². The van der Waals surface area contributed by atoms with Crippen molar-refractivity contribution < 1.29 is 0 Å². The first-order valence-electron chi connectivity index (χ1n) is 15.3. The number of nitrogens with zero attached hydrogens (tertiary/aromatic N) is 1. The zero-order valence-electron chi connectivity index (χ0n) is 25.1. The van der Waals surface area contributed by atoms with Gasteiger partial charge in [-0.1, -0.05) is 122 Å². The molecule has 0 radical (unpaired) electrons. The van der Waals surface area contributed by atoms with Gasteiger partial charge in [0.05, 0.1) is 0 Å². The minimum Gasteiger partial charge on any atom is -0.314 e. The molecule has 0 N–H and O–H groups in total. The van der Waals surface area contributed by atoms with Crippen LogP contribution in [-0.4, -0.2) is 0 Å². The van der Waals surface area contributed by atoms with Crippen molar-refractivity contribution in [1.82, 2.24) is 0 Å². The van der Waals surface area contributed by atoms with Crippen LogP contribution >= 0.6 is 11.3 Å². The summed E-state index contributed by atoms with van der Waals surface area (Å²) in [4.78, 5) is 2.36. The van der Waals surface area contributed by atoms with Gasteiger partial charge in [0.1, 0.15) is 0 Å². The summed E-state index contributed by atoms with van der Waals surface area (Å²) < 4.78 is 2.62. The molecular weight excluding hydrogens is 563 g/mol. The summed E-state index contributed by atoms with van der Waals surface area (Å²) in [5.41, 5.74) is 5.80. The Morgan fingerprint density at radius 1 is 0.533 bits per heavy atom. The largest absolute Gasteiger partial charge is 0.314 e. The van der Waals surface area contributed by atoms with E-state index >= 15 is 0 Å². The van der Waals surface area contributed by atoms with Crippen molar-refractivity contribution in [3.05, 3.63) is 168 Å². The molecule has 0 saturated heterocycles. The number of hydrogen-bond acceptors (Lipinski definition) is 2. The van der Waals surface area contributed by atoms with Crippen LogP contribution in [0, 0.1) is 0 Å². The Hall–Kier alpha value is -5.44. The number of fused-ring (bicyclic) bond motifs is 6. The van der Waals surface area contributed by atoms with Gasteiger partial charge in [-0.05, 0) is 92.5 Å². The topological polar surface area (TPSA) is 3.24 Å². The highest BCUT2D eigenvalue weighted by atomic mass is 32.1. The summed E-state index contributed by atoms with van der Waals surface area (Å²) in [7, 11) is 0. The van der Waals surface area contributed by atoms with E-state index in [2.05, 4.69) is 176 Å². The molecule has 1 heterocycles. The summed E-state index contributed by atoms with van der Waals surface area (Å²) in [5, 5.41) is 9.70. The second-order valence-electron chi connectivity index (χ2n) is 11.5. The minimum absolute atomic E-state index is 1.05. The molecule has 214 valence electrons. The van der Waals surface area contributed by atoms with Crippen molar-refractivity contribution in [1.29, 1.82) is 0 Å². The molecule has 1 nitrogen and oxygen atoms in total. The van der Waals surface area contributed by atoms with E-state index in [9.17, 15) is 0 Å². The van der Waals surface area contributed by atoms with Gasteiger partial charge in [-0.3, -0.25) is 0 Å². The summed E-state index contributed by atoms with van der Waals surface area (Å²) in [6.07, 6.45) is 4.49.